The Labute approximate surface area is 127 Å². The quantitative estimate of drug-likeness (QED) is 0.402. The maximum absolute atomic E-state index is 11.2. The fraction of sp³-hybridized carbons (Fsp3) is 0.750. The average molecular weight is 322 g/mol. The topological polar surface area (TPSA) is 108 Å². The Bertz CT molecular complexity index is 412. The molecule has 1 aliphatic rings. The van der Waals surface area contributed by atoms with Gasteiger partial charge in [0.25, 0.3) is 0 Å². The first-order chi connectivity index (χ1) is 9.76. The highest BCUT2D eigenvalue weighted by atomic mass is 32.1. The van der Waals surface area contributed by atoms with Crippen molar-refractivity contribution in [1.29, 1.82) is 0 Å². The Morgan fingerprint density at radius 3 is 1.81 bits per heavy atom. The van der Waals surface area contributed by atoms with E-state index in [1.54, 1.807) is 0 Å². The molecule has 1 N–H and O–H groups in total. The number of rotatable bonds is 4. The van der Waals surface area contributed by atoms with Crippen molar-refractivity contribution >= 4 is 30.5 Å². The Morgan fingerprint density at radius 1 is 0.952 bits per heavy atom. The predicted octanol–water partition coefficient (Wildman–Crippen LogP) is -0.572. The van der Waals surface area contributed by atoms with E-state index in [1.165, 1.54) is 6.92 Å². The number of aliphatic hydroxyl groups is 1. The molecule has 0 aromatic carbocycles. The molecule has 0 aromatic rings. The smallest absolute Gasteiger partial charge is 0.303 e. The zero-order chi connectivity index (χ0) is 16.2. The van der Waals surface area contributed by atoms with Crippen LogP contribution in [-0.2, 0) is 33.3 Å². The lowest BCUT2D eigenvalue weighted by Crippen LogP contribution is -2.61. The molecule has 0 aliphatic carbocycles. The number of hydrogen-bond acceptors (Lipinski definition) is 9. The highest BCUT2D eigenvalue weighted by Gasteiger charge is 2.50. The van der Waals surface area contributed by atoms with Gasteiger partial charge in [0.05, 0.1) is 0 Å². The van der Waals surface area contributed by atoms with Crippen molar-refractivity contribution in [3.63, 3.8) is 0 Å². The second kappa shape index (κ2) is 7.62. The number of hydrogen-bond donors (Lipinski definition) is 2. The summed E-state index contributed by atoms with van der Waals surface area (Å²) in [6.45, 7) is 3.45. The van der Waals surface area contributed by atoms with Gasteiger partial charge in [-0.2, -0.15) is 12.6 Å². The summed E-state index contributed by atoms with van der Waals surface area (Å²) in [5.74, 6) is -1.92. The van der Waals surface area contributed by atoms with E-state index in [0.29, 0.717) is 0 Å². The first-order valence-corrected chi connectivity index (χ1v) is 6.85. The molecule has 1 saturated heterocycles. The number of carbonyl (C=O) groups is 3. The molecular formula is C12H18O8S. The van der Waals surface area contributed by atoms with Crippen LogP contribution in [0, 0.1) is 0 Å². The second-order valence-electron chi connectivity index (χ2n) is 4.47. The summed E-state index contributed by atoms with van der Waals surface area (Å²) in [5, 5.41) is 9.89. The number of carbonyl (C=O) groups excluding carboxylic acids is 3. The molecule has 0 amide bonds. The summed E-state index contributed by atoms with van der Waals surface area (Å²) in [6, 6.07) is 0. The number of ether oxygens (including phenoxy) is 4. The predicted molar refractivity (Wildman–Crippen MR) is 71.4 cm³/mol. The van der Waals surface area contributed by atoms with E-state index in [1.807, 2.05) is 0 Å². The summed E-state index contributed by atoms with van der Waals surface area (Å²) >= 11 is 4.04. The van der Waals surface area contributed by atoms with Crippen LogP contribution in [0.25, 0.3) is 0 Å². The normalized spacial score (nSPS) is 32.1. The van der Waals surface area contributed by atoms with E-state index >= 15 is 0 Å². The van der Waals surface area contributed by atoms with E-state index in [2.05, 4.69) is 12.6 Å². The Balaban J connectivity index is 3.08. The third-order valence-electron chi connectivity index (χ3n) is 2.70. The maximum atomic E-state index is 11.2. The van der Waals surface area contributed by atoms with Gasteiger partial charge in [0.15, 0.2) is 24.6 Å². The number of esters is 3. The largest absolute Gasteiger partial charge is 0.456 e. The van der Waals surface area contributed by atoms with Crippen LogP contribution in [0.4, 0.5) is 0 Å². The average Bonchev–Trinajstić information content (AvgIpc) is 2.35. The summed E-state index contributed by atoms with van der Waals surface area (Å²) < 4.78 is 20.3. The lowest BCUT2D eigenvalue weighted by atomic mass is 9.99. The zero-order valence-corrected chi connectivity index (χ0v) is 12.7. The van der Waals surface area contributed by atoms with Crippen molar-refractivity contribution in [2.24, 2.45) is 0 Å². The van der Waals surface area contributed by atoms with Gasteiger partial charge in [-0.3, -0.25) is 14.4 Å². The van der Waals surface area contributed by atoms with Crippen LogP contribution < -0.4 is 0 Å². The summed E-state index contributed by atoms with van der Waals surface area (Å²) in [4.78, 5) is 33.5. The molecule has 9 heteroatoms. The molecule has 5 atom stereocenters. The van der Waals surface area contributed by atoms with Gasteiger partial charge < -0.3 is 24.1 Å². The van der Waals surface area contributed by atoms with E-state index in [0.717, 1.165) is 13.8 Å². The number of aliphatic hydroxyl groups excluding tert-OH is 1. The molecule has 3 unspecified atom stereocenters. The molecule has 0 bridgehead atoms. The molecular weight excluding hydrogens is 304 g/mol. The van der Waals surface area contributed by atoms with Crippen molar-refractivity contribution in [3.8, 4) is 0 Å². The second-order valence-corrected chi connectivity index (χ2v) is 4.83. The van der Waals surface area contributed by atoms with Crippen molar-refractivity contribution in [1.82, 2.24) is 0 Å². The van der Waals surface area contributed by atoms with E-state index < -0.39 is 48.6 Å². The lowest BCUT2D eigenvalue weighted by Gasteiger charge is -2.42. The van der Waals surface area contributed by atoms with Gasteiger partial charge in [-0.15, -0.1) is 0 Å². The van der Waals surface area contributed by atoms with Crippen molar-refractivity contribution < 1.29 is 38.4 Å². The van der Waals surface area contributed by atoms with Crippen LogP contribution in [-0.4, -0.2) is 59.5 Å². The Hall–Kier alpha value is -1.32. The van der Waals surface area contributed by atoms with Crippen molar-refractivity contribution in [3.05, 3.63) is 0 Å². The minimum absolute atomic E-state index is 0.0968. The lowest BCUT2D eigenvalue weighted by molar-refractivity contribution is -0.287. The van der Waals surface area contributed by atoms with Gasteiger partial charge in [0, 0.05) is 26.5 Å². The first kappa shape index (κ1) is 17.7. The minimum Gasteiger partial charge on any atom is -0.456 e. The van der Waals surface area contributed by atoms with E-state index in [4.69, 9.17) is 18.9 Å². The molecule has 0 spiro atoms. The van der Waals surface area contributed by atoms with Crippen molar-refractivity contribution in [2.75, 3.05) is 5.75 Å². The molecule has 0 aromatic heterocycles. The van der Waals surface area contributed by atoms with Crippen LogP contribution in [0.1, 0.15) is 20.8 Å². The summed E-state index contributed by atoms with van der Waals surface area (Å²) in [7, 11) is 0. The first-order valence-electron chi connectivity index (χ1n) is 6.22. The summed E-state index contributed by atoms with van der Waals surface area (Å²) in [6.07, 6.45) is -5.87. The summed E-state index contributed by atoms with van der Waals surface area (Å²) in [5.41, 5.74) is 0. The van der Waals surface area contributed by atoms with Gasteiger partial charge >= 0.3 is 17.9 Å². The third-order valence-corrected chi connectivity index (χ3v) is 3.06. The Morgan fingerprint density at radius 2 is 1.38 bits per heavy atom. The van der Waals surface area contributed by atoms with E-state index in [-0.39, 0.29) is 5.75 Å². The van der Waals surface area contributed by atoms with Crippen LogP contribution in [0.5, 0.6) is 0 Å². The van der Waals surface area contributed by atoms with Crippen LogP contribution in [0.2, 0.25) is 0 Å². The van der Waals surface area contributed by atoms with Crippen LogP contribution >= 0.6 is 12.6 Å². The van der Waals surface area contributed by atoms with Crippen molar-refractivity contribution in [2.45, 2.75) is 51.5 Å². The number of thiol groups is 1. The monoisotopic (exact) mass is 322 g/mol. The van der Waals surface area contributed by atoms with Gasteiger partial charge in [-0.25, -0.2) is 0 Å². The highest BCUT2D eigenvalue weighted by molar-refractivity contribution is 7.80. The van der Waals surface area contributed by atoms with Gasteiger partial charge in [0.2, 0.25) is 0 Å². The van der Waals surface area contributed by atoms with Crippen LogP contribution in [0.15, 0.2) is 0 Å². The molecule has 21 heavy (non-hydrogen) atoms. The minimum atomic E-state index is -1.53. The molecule has 1 heterocycles. The fourth-order valence-electron chi connectivity index (χ4n) is 2.02. The third kappa shape index (κ3) is 4.87. The standard InChI is InChI=1S/C12H18O8S/c1-5(13)17-9-8(4-21)20-12(16)11(19-7(3)15)10(9)18-6(2)14/h8-12,16,21H,4H2,1-3H3/t8?,9-,10?,11?,12+/m1/s1. The molecule has 1 rings (SSSR count). The molecule has 1 aliphatic heterocycles. The highest BCUT2D eigenvalue weighted by Crippen LogP contribution is 2.28. The van der Waals surface area contributed by atoms with Gasteiger partial charge in [-0.1, -0.05) is 0 Å². The molecule has 120 valence electrons. The van der Waals surface area contributed by atoms with Crippen LogP contribution in [0.3, 0.4) is 0 Å². The van der Waals surface area contributed by atoms with E-state index in [9.17, 15) is 19.5 Å². The molecule has 0 radical (unpaired) electrons. The Kier molecular flexibility index (Phi) is 6.43. The fourth-order valence-corrected chi connectivity index (χ4v) is 2.31. The molecule has 8 nitrogen and oxygen atoms in total. The molecule has 1 fully saturated rings. The molecule has 0 saturated carbocycles. The zero-order valence-electron chi connectivity index (χ0n) is 11.8. The SMILES string of the molecule is CC(=O)OC1C(OC(C)=O)[C@@H](O)OC(CS)[C@H]1OC(C)=O. The van der Waals surface area contributed by atoms with Gasteiger partial charge in [-0.05, 0) is 0 Å². The maximum Gasteiger partial charge on any atom is 0.303 e. The van der Waals surface area contributed by atoms with Gasteiger partial charge in [0.1, 0.15) is 6.10 Å².